The molecule has 18 heavy (non-hydrogen) atoms. The van der Waals surface area contributed by atoms with Gasteiger partial charge in [0.25, 0.3) is 0 Å². The Hall–Kier alpha value is -2.90. The molecule has 0 saturated carbocycles. The molecule has 1 aromatic heterocycles. The third-order valence-corrected chi connectivity index (χ3v) is 2.24. The number of benzene rings is 1. The lowest BCUT2D eigenvalue weighted by molar-refractivity contribution is -0.386. The van der Waals surface area contributed by atoms with Gasteiger partial charge in [-0.3, -0.25) is 14.9 Å². The van der Waals surface area contributed by atoms with Gasteiger partial charge < -0.3 is 15.2 Å². The molecule has 0 aliphatic rings. The molecule has 0 atom stereocenters. The largest absolute Gasteiger partial charge is 0.504 e. The number of H-pyrrole nitrogens is 1. The minimum Gasteiger partial charge on any atom is -0.504 e. The van der Waals surface area contributed by atoms with Crippen LogP contribution < -0.4 is 0 Å². The molecule has 0 fully saturated rings. The van der Waals surface area contributed by atoms with Crippen molar-refractivity contribution in [2.24, 2.45) is 0 Å². The molecule has 1 heterocycles. The monoisotopic (exact) mass is 249 g/mol. The molecular weight excluding hydrogens is 242 g/mol. The molecule has 0 amide bonds. The Balaban J connectivity index is 2.53. The molecule has 2 rings (SSSR count). The number of phenols is 2. The minimum absolute atomic E-state index is 0.0191. The maximum absolute atomic E-state index is 11.8. The number of aromatic nitrogens is 2. The predicted molar refractivity (Wildman–Crippen MR) is 58.4 cm³/mol. The number of aromatic amines is 1. The lowest BCUT2D eigenvalue weighted by Crippen LogP contribution is -2.04. The number of nitrogens with zero attached hydrogens (tertiary/aromatic N) is 2. The summed E-state index contributed by atoms with van der Waals surface area (Å²) >= 11 is 0. The van der Waals surface area contributed by atoms with E-state index in [0.29, 0.717) is 0 Å². The number of carbonyl (C=O) groups excluding carboxylic acids is 1. The molecular formula is C10H7N3O5. The number of hydrogen-bond acceptors (Lipinski definition) is 6. The molecule has 2 aromatic rings. The van der Waals surface area contributed by atoms with E-state index in [0.717, 1.165) is 12.1 Å². The first kappa shape index (κ1) is 11.6. The standard InChI is InChI=1S/C10H7N3O5/c14-7-4-5(3-6(9(7)16)13(17)18)8(15)10-11-1-2-12-10/h1-4,14,16H,(H,11,12). The van der Waals surface area contributed by atoms with Gasteiger partial charge in [0.2, 0.25) is 11.5 Å². The van der Waals surface area contributed by atoms with Crippen LogP contribution in [0.25, 0.3) is 0 Å². The molecule has 3 N–H and O–H groups in total. The number of hydrogen-bond donors (Lipinski definition) is 3. The third kappa shape index (κ3) is 1.86. The number of rotatable bonds is 3. The minimum atomic E-state index is -0.895. The van der Waals surface area contributed by atoms with E-state index >= 15 is 0 Å². The SMILES string of the molecule is O=C(c1cc(O)c(O)c([N+](=O)[O-])c1)c1ncc[nH]1. The van der Waals surface area contributed by atoms with Crippen molar-refractivity contribution in [3.63, 3.8) is 0 Å². The lowest BCUT2D eigenvalue weighted by Gasteiger charge is -2.02. The molecule has 0 bridgehead atoms. The van der Waals surface area contributed by atoms with E-state index in [9.17, 15) is 25.1 Å². The van der Waals surface area contributed by atoms with Crippen LogP contribution in [0.4, 0.5) is 5.69 Å². The van der Waals surface area contributed by atoms with Crippen molar-refractivity contribution < 1.29 is 19.9 Å². The average molecular weight is 249 g/mol. The second-order valence-corrected chi connectivity index (χ2v) is 3.39. The first-order chi connectivity index (χ1) is 8.50. The summed E-state index contributed by atoms with van der Waals surface area (Å²) in [6, 6.07) is 1.81. The van der Waals surface area contributed by atoms with Crippen LogP contribution >= 0.6 is 0 Å². The van der Waals surface area contributed by atoms with Crippen molar-refractivity contribution in [2.75, 3.05) is 0 Å². The zero-order valence-electron chi connectivity index (χ0n) is 8.82. The molecule has 0 aliphatic carbocycles. The molecule has 8 heteroatoms. The van der Waals surface area contributed by atoms with E-state index in [2.05, 4.69) is 9.97 Å². The van der Waals surface area contributed by atoms with Gasteiger partial charge in [0.05, 0.1) is 4.92 Å². The van der Waals surface area contributed by atoms with E-state index in [1.807, 2.05) is 0 Å². The van der Waals surface area contributed by atoms with Crippen LogP contribution in [0, 0.1) is 10.1 Å². The normalized spacial score (nSPS) is 10.2. The Kier molecular flexibility index (Phi) is 2.68. The fraction of sp³-hybridized carbons (Fsp3) is 0. The first-order valence-electron chi connectivity index (χ1n) is 4.75. The van der Waals surface area contributed by atoms with E-state index in [1.165, 1.54) is 12.4 Å². The molecule has 0 saturated heterocycles. The van der Waals surface area contributed by atoms with Crippen LogP contribution in [0.2, 0.25) is 0 Å². The van der Waals surface area contributed by atoms with Gasteiger partial charge in [-0.25, -0.2) is 4.98 Å². The van der Waals surface area contributed by atoms with Crippen molar-refractivity contribution in [3.8, 4) is 11.5 Å². The van der Waals surface area contributed by atoms with Gasteiger partial charge in [-0.1, -0.05) is 0 Å². The van der Waals surface area contributed by atoms with Crippen molar-refractivity contribution in [2.45, 2.75) is 0 Å². The highest BCUT2D eigenvalue weighted by molar-refractivity contribution is 6.07. The number of carbonyl (C=O) groups is 1. The Labute approximate surface area is 99.7 Å². The molecule has 0 aliphatic heterocycles. The zero-order valence-corrected chi connectivity index (χ0v) is 8.82. The van der Waals surface area contributed by atoms with Crippen molar-refractivity contribution in [1.29, 1.82) is 0 Å². The Morgan fingerprint density at radius 2 is 2.11 bits per heavy atom. The summed E-state index contributed by atoms with van der Waals surface area (Å²) in [6.45, 7) is 0. The maximum atomic E-state index is 11.8. The highest BCUT2D eigenvalue weighted by Gasteiger charge is 2.22. The van der Waals surface area contributed by atoms with Crippen molar-refractivity contribution in [3.05, 3.63) is 46.0 Å². The number of imidazole rings is 1. The average Bonchev–Trinajstić information content (AvgIpc) is 2.84. The zero-order chi connectivity index (χ0) is 13.3. The summed E-state index contributed by atoms with van der Waals surface area (Å²) in [5.74, 6) is -2.26. The number of ketones is 1. The number of phenolic OH excluding ortho intramolecular Hbond substituents is 2. The predicted octanol–water partition coefficient (Wildman–Crippen LogP) is 0.960. The number of nitro groups is 1. The highest BCUT2D eigenvalue weighted by atomic mass is 16.6. The highest BCUT2D eigenvalue weighted by Crippen LogP contribution is 2.36. The van der Waals surface area contributed by atoms with E-state index in [1.54, 1.807) is 0 Å². The van der Waals surface area contributed by atoms with E-state index in [-0.39, 0.29) is 11.4 Å². The smallest absolute Gasteiger partial charge is 0.315 e. The van der Waals surface area contributed by atoms with Crippen LogP contribution in [0.5, 0.6) is 11.5 Å². The molecule has 0 unspecified atom stereocenters. The number of nitro benzene ring substituents is 1. The van der Waals surface area contributed by atoms with Crippen LogP contribution in [-0.2, 0) is 0 Å². The Morgan fingerprint density at radius 3 is 2.67 bits per heavy atom. The summed E-state index contributed by atoms with van der Waals surface area (Å²) in [5, 5.41) is 29.3. The van der Waals surface area contributed by atoms with Gasteiger partial charge in [-0.15, -0.1) is 0 Å². The van der Waals surface area contributed by atoms with Gasteiger partial charge in [0.15, 0.2) is 11.6 Å². The maximum Gasteiger partial charge on any atom is 0.315 e. The van der Waals surface area contributed by atoms with Gasteiger partial charge >= 0.3 is 5.69 Å². The molecule has 92 valence electrons. The quantitative estimate of drug-likeness (QED) is 0.321. The van der Waals surface area contributed by atoms with Crippen LogP contribution in [0.3, 0.4) is 0 Å². The number of aromatic hydroxyl groups is 2. The summed E-state index contributed by atoms with van der Waals surface area (Å²) in [5.41, 5.74) is -0.892. The van der Waals surface area contributed by atoms with Crippen LogP contribution in [-0.4, -0.2) is 30.9 Å². The van der Waals surface area contributed by atoms with Gasteiger partial charge in [-0.05, 0) is 6.07 Å². The summed E-state index contributed by atoms with van der Waals surface area (Å²) in [7, 11) is 0. The van der Waals surface area contributed by atoms with Crippen LogP contribution in [0.1, 0.15) is 16.2 Å². The topological polar surface area (TPSA) is 129 Å². The van der Waals surface area contributed by atoms with Gasteiger partial charge in [-0.2, -0.15) is 0 Å². The summed E-state index contributed by atoms with van der Waals surface area (Å²) in [4.78, 5) is 27.8. The fourth-order valence-corrected chi connectivity index (χ4v) is 1.40. The summed E-state index contributed by atoms with van der Waals surface area (Å²) in [6.07, 6.45) is 2.77. The first-order valence-corrected chi connectivity index (χ1v) is 4.75. The summed E-state index contributed by atoms with van der Waals surface area (Å²) < 4.78 is 0. The van der Waals surface area contributed by atoms with Gasteiger partial charge in [0, 0.05) is 24.0 Å². The Bertz CT molecular complexity index is 621. The second kappa shape index (κ2) is 4.17. The van der Waals surface area contributed by atoms with Crippen molar-refractivity contribution >= 4 is 11.5 Å². The van der Waals surface area contributed by atoms with E-state index in [4.69, 9.17) is 0 Å². The van der Waals surface area contributed by atoms with Gasteiger partial charge in [0.1, 0.15) is 0 Å². The second-order valence-electron chi connectivity index (χ2n) is 3.39. The van der Waals surface area contributed by atoms with Crippen LogP contribution in [0.15, 0.2) is 24.5 Å². The van der Waals surface area contributed by atoms with Crippen molar-refractivity contribution in [1.82, 2.24) is 9.97 Å². The number of nitrogens with one attached hydrogen (secondary N) is 1. The van der Waals surface area contributed by atoms with E-state index < -0.39 is 27.9 Å². The Morgan fingerprint density at radius 1 is 1.39 bits per heavy atom. The molecule has 0 spiro atoms. The molecule has 1 aromatic carbocycles. The lowest BCUT2D eigenvalue weighted by atomic mass is 10.1. The fourth-order valence-electron chi connectivity index (χ4n) is 1.40. The molecule has 0 radical (unpaired) electrons. The molecule has 8 nitrogen and oxygen atoms in total. The third-order valence-electron chi connectivity index (χ3n) is 2.24.